The van der Waals surface area contributed by atoms with Gasteiger partial charge in [-0.25, -0.2) is 4.68 Å². The van der Waals surface area contributed by atoms with Crippen molar-refractivity contribution in [3.05, 3.63) is 30.1 Å². The maximum Gasteiger partial charge on any atom is 0.143 e. The van der Waals surface area contributed by atoms with Gasteiger partial charge in [0.15, 0.2) is 0 Å². The van der Waals surface area contributed by atoms with Crippen molar-refractivity contribution in [1.82, 2.24) is 20.2 Å². The Kier molecular flexibility index (Phi) is 1.70. The Morgan fingerprint density at radius 2 is 2.23 bits per heavy atom. The van der Waals surface area contributed by atoms with Crippen LogP contribution in [0.25, 0.3) is 5.69 Å². The molecule has 2 aromatic rings. The van der Waals surface area contributed by atoms with Gasteiger partial charge in [-0.2, -0.15) is 0 Å². The molecule has 0 saturated heterocycles. The molecule has 0 amide bonds. The zero-order valence-electron chi connectivity index (χ0n) is 7.05. The van der Waals surface area contributed by atoms with Gasteiger partial charge in [0, 0.05) is 0 Å². The van der Waals surface area contributed by atoms with Crippen molar-refractivity contribution in [3.63, 3.8) is 0 Å². The number of benzene rings is 1. The molecule has 1 heterocycles. The number of aryl methyl sites for hydroxylation is 1. The summed E-state index contributed by atoms with van der Waals surface area (Å²) in [4.78, 5) is 0. The fourth-order valence-corrected chi connectivity index (χ4v) is 1.17. The quantitative estimate of drug-likeness (QED) is 0.693. The number of nitrogens with zero attached hydrogens (tertiary/aromatic N) is 4. The van der Waals surface area contributed by atoms with E-state index in [-0.39, 0.29) is 5.75 Å². The van der Waals surface area contributed by atoms with Crippen molar-refractivity contribution >= 4 is 0 Å². The fourth-order valence-electron chi connectivity index (χ4n) is 1.17. The standard InChI is InChI=1S/C8H8N4O/c1-6-4-7(13)2-3-8(6)12-5-9-10-11-12/h2-5,13H,1H3. The Morgan fingerprint density at radius 3 is 2.85 bits per heavy atom. The number of phenols is 1. The molecule has 1 aromatic carbocycles. The third kappa shape index (κ3) is 1.35. The van der Waals surface area contributed by atoms with E-state index in [4.69, 9.17) is 0 Å². The zero-order chi connectivity index (χ0) is 9.26. The molecule has 0 spiro atoms. The van der Waals surface area contributed by atoms with E-state index in [1.807, 2.05) is 6.92 Å². The fraction of sp³-hybridized carbons (Fsp3) is 0.125. The van der Waals surface area contributed by atoms with Gasteiger partial charge in [0.2, 0.25) is 0 Å². The highest BCUT2D eigenvalue weighted by atomic mass is 16.3. The van der Waals surface area contributed by atoms with E-state index >= 15 is 0 Å². The van der Waals surface area contributed by atoms with Gasteiger partial charge >= 0.3 is 0 Å². The minimum Gasteiger partial charge on any atom is -0.508 e. The molecule has 1 aromatic heterocycles. The lowest BCUT2D eigenvalue weighted by molar-refractivity contribution is 0.474. The minimum atomic E-state index is 0.245. The number of rotatable bonds is 1. The Hall–Kier alpha value is -1.91. The van der Waals surface area contributed by atoms with Crippen LogP contribution in [-0.2, 0) is 0 Å². The van der Waals surface area contributed by atoms with Gasteiger partial charge in [-0.05, 0) is 41.1 Å². The first-order valence-electron chi connectivity index (χ1n) is 3.80. The normalized spacial score (nSPS) is 10.2. The van der Waals surface area contributed by atoms with Gasteiger partial charge in [0.1, 0.15) is 12.1 Å². The molecule has 5 nitrogen and oxygen atoms in total. The predicted octanol–water partition coefficient (Wildman–Crippen LogP) is 0.676. The molecular weight excluding hydrogens is 168 g/mol. The molecule has 5 heteroatoms. The highest BCUT2D eigenvalue weighted by Crippen LogP contribution is 2.17. The molecule has 2 rings (SSSR count). The van der Waals surface area contributed by atoms with Crippen LogP contribution in [0.4, 0.5) is 0 Å². The highest BCUT2D eigenvalue weighted by molar-refractivity contribution is 5.43. The number of tetrazole rings is 1. The molecule has 0 bridgehead atoms. The summed E-state index contributed by atoms with van der Waals surface area (Å²) in [6, 6.07) is 5.03. The molecule has 0 fully saturated rings. The largest absolute Gasteiger partial charge is 0.508 e. The summed E-state index contributed by atoms with van der Waals surface area (Å²) < 4.78 is 1.55. The predicted molar refractivity (Wildman–Crippen MR) is 45.6 cm³/mol. The average molecular weight is 176 g/mol. The molecule has 0 aliphatic carbocycles. The summed E-state index contributed by atoms with van der Waals surface area (Å²) >= 11 is 0. The summed E-state index contributed by atoms with van der Waals surface area (Å²) in [5, 5.41) is 20.0. The monoisotopic (exact) mass is 176 g/mol. The van der Waals surface area contributed by atoms with Crippen LogP contribution in [-0.4, -0.2) is 25.3 Å². The van der Waals surface area contributed by atoms with Crippen molar-refractivity contribution in [1.29, 1.82) is 0 Å². The molecule has 0 atom stereocenters. The first-order chi connectivity index (χ1) is 6.27. The number of aromatic hydroxyl groups is 1. The van der Waals surface area contributed by atoms with E-state index in [1.54, 1.807) is 22.9 Å². The van der Waals surface area contributed by atoms with E-state index in [9.17, 15) is 5.11 Å². The van der Waals surface area contributed by atoms with Crippen molar-refractivity contribution in [2.45, 2.75) is 6.92 Å². The van der Waals surface area contributed by atoms with Gasteiger partial charge in [-0.15, -0.1) is 5.10 Å². The number of phenolic OH excluding ortho intramolecular Hbond substituents is 1. The second-order valence-corrected chi connectivity index (χ2v) is 2.73. The van der Waals surface area contributed by atoms with Crippen LogP contribution in [0.2, 0.25) is 0 Å². The summed E-state index contributed by atoms with van der Waals surface area (Å²) in [5.74, 6) is 0.245. The Morgan fingerprint density at radius 1 is 1.38 bits per heavy atom. The maximum absolute atomic E-state index is 9.17. The van der Waals surface area contributed by atoms with Crippen LogP contribution in [0.5, 0.6) is 5.75 Å². The van der Waals surface area contributed by atoms with Crippen molar-refractivity contribution in [2.75, 3.05) is 0 Å². The van der Waals surface area contributed by atoms with Crippen LogP contribution in [0.1, 0.15) is 5.56 Å². The van der Waals surface area contributed by atoms with Gasteiger partial charge in [-0.1, -0.05) is 0 Å². The first-order valence-corrected chi connectivity index (χ1v) is 3.80. The van der Waals surface area contributed by atoms with Gasteiger partial charge < -0.3 is 5.11 Å². The summed E-state index contributed by atoms with van der Waals surface area (Å²) in [6.45, 7) is 1.89. The van der Waals surface area contributed by atoms with Crippen LogP contribution in [0.15, 0.2) is 24.5 Å². The third-order valence-corrected chi connectivity index (χ3v) is 1.78. The van der Waals surface area contributed by atoms with Crippen molar-refractivity contribution in [3.8, 4) is 11.4 Å². The lowest BCUT2D eigenvalue weighted by atomic mass is 10.2. The number of hydrogen-bond acceptors (Lipinski definition) is 4. The second kappa shape index (κ2) is 2.85. The Labute approximate surface area is 74.6 Å². The van der Waals surface area contributed by atoms with E-state index in [0.29, 0.717) is 0 Å². The minimum absolute atomic E-state index is 0.245. The molecule has 0 aliphatic heterocycles. The molecular formula is C8H8N4O. The van der Waals surface area contributed by atoms with Crippen molar-refractivity contribution in [2.24, 2.45) is 0 Å². The summed E-state index contributed by atoms with van der Waals surface area (Å²) in [6.07, 6.45) is 1.51. The van der Waals surface area contributed by atoms with Gasteiger partial charge in [0.25, 0.3) is 0 Å². The number of aromatic nitrogens is 4. The number of hydrogen-bond donors (Lipinski definition) is 1. The van der Waals surface area contributed by atoms with Gasteiger partial charge in [-0.3, -0.25) is 0 Å². The second-order valence-electron chi connectivity index (χ2n) is 2.73. The molecule has 0 unspecified atom stereocenters. The van der Waals surface area contributed by atoms with Crippen LogP contribution in [0.3, 0.4) is 0 Å². The highest BCUT2D eigenvalue weighted by Gasteiger charge is 2.02. The van der Waals surface area contributed by atoms with Crippen LogP contribution < -0.4 is 0 Å². The molecule has 66 valence electrons. The van der Waals surface area contributed by atoms with Crippen LogP contribution >= 0.6 is 0 Å². The summed E-state index contributed by atoms with van der Waals surface area (Å²) in [5.41, 5.74) is 1.79. The molecule has 0 aliphatic rings. The first kappa shape index (κ1) is 7.72. The van der Waals surface area contributed by atoms with E-state index in [2.05, 4.69) is 15.5 Å². The van der Waals surface area contributed by atoms with Crippen LogP contribution in [0, 0.1) is 6.92 Å². The average Bonchev–Trinajstić information content (AvgIpc) is 2.56. The molecule has 1 N–H and O–H groups in total. The zero-order valence-corrected chi connectivity index (χ0v) is 7.05. The SMILES string of the molecule is Cc1cc(O)ccc1-n1cnnn1. The van der Waals surface area contributed by atoms with Gasteiger partial charge in [0.05, 0.1) is 5.69 Å². The lowest BCUT2D eigenvalue weighted by Crippen LogP contribution is -1.97. The maximum atomic E-state index is 9.17. The Balaban J connectivity index is 2.53. The molecule has 0 radical (unpaired) electrons. The van der Waals surface area contributed by atoms with Crippen molar-refractivity contribution < 1.29 is 5.11 Å². The molecule has 0 saturated carbocycles. The van der Waals surface area contributed by atoms with E-state index in [0.717, 1.165) is 11.3 Å². The third-order valence-electron chi connectivity index (χ3n) is 1.78. The topological polar surface area (TPSA) is 63.8 Å². The molecule has 13 heavy (non-hydrogen) atoms. The van der Waals surface area contributed by atoms with E-state index < -0.39 is 0 Å². The summed E-state index contributed by atoms with van der Waals surface area (Å²) in [7, 11) is 0. The van der Waals surface area contributed by atoms with E-state index in [1.165, 1.54) is 6.33 Å². The smallest absolute Gasteiger partial charge is 0.143 e. The lowest BCUT2D eigenvalue weighted by Gasteiger charge is -2.03. The Bertz CT molecular complexity index is 410.